The zero-order valence-electron chi connectivity index (χ0n) is 14.9. The van der Waals surface area contributed by atoms with Crippen molar-refractivity contribution in [2.45, 2.75) is 34.1 Å². The summed E-state index contributed by atoms with van der Waals surface area (Å²) in [5.74, 6) is 1.02. The summed E-state index contributed by atoms with van der Waals surface area (Å²) in [6.45, 7) is 12.3. The fourth-order valence-electron chi connectivity index (χ4n) is 2.65. The highest BCUT2D eigenvalue weighted by atomic mass is 32.2. The van der Waals surface area contributed by atoms with Crippen LogP contribution in [-0.2, 0) is 0 Å². The minimum absolute atomic E-state index is 0.0706. The molecule has 1 aromatic heterocycles. The van der Waals surface area contributed by atoms with Gasteiger partial charge in [0, 0.05) is 20.9 Å². The van der Waals surface area contributed by atoms with Crippen molar-refractivity contribution in [3.63, 3.8) is 0 Å². The van der Waals surface area contributed by atoms with Crippen LogP contribution < -0.4 is 16.1 Å². The SMILES string of the molecule is C=c1[nH]c(=O)/c(=C\C/C(C)=C/C)c2cc(/C(=C/C)SCC)ccc12. The van der Waals surface area contributed by atoms with Gasteiger partial charge in [0.15, 0.2) is 0 Å². The van der Waals surface area contributed by atoms with Crippen molar-refractivity contribution in [3.05, 3.63) is 62.4 Å². The van der Waals surface area contributed by atoms with E-state index in [1.54, 1.807) is 0 Å². The Hall–Kier alpha value is -2.00. The maximum atomic E-state index is 12.5. The Balaban J connectivity index is 2.77. The van der Waals surface area contributed by atoms with Crippen LogP contribution >= 0.6 is 11.8 Å². The van der Waals surface area contributed by atoms with Gasteiger partial charge in [-0.15, -0.1) is 11.8 Å². The lowest BCUT2D eigenvalue weighted by molar-refractivity contribution is 1.17. The van der Waals surface area contributed by atoms with Crippen LogP contribution in [0.15, 0.2) is 40.7 Å². The molecule has 0 saturated carbocycles. The third-order valence-corrected chi connectivity index (χ3v) is 5.18. The first kappa shape index (κ1) is 18.3. The van der Waals surface area contributed by atoms with Crippen molar-refractivity contribution < 1.29 is 0 Å². The molecule has 2 nitrogen and oxygen atoms in total. The van der Waals surface area contributed by atoms with Crippen LogP contribution in [0.5, 0.6) is 0 Å². The second-order valence-corrected chi connectivity index (χ2v) is 7.04. The van der Waals surface area contributed by atoms with E-state index in [0.717, 1.165) is 33.7 Å². The molecule has 0 bridgehead atoms. The maximum absolute atomic E-state index is 12.5. The van der Waals surface area contributed by atoms with Gasteiger partial charge in [-0.2, -0.15) is 0 Å². The molecule has 126 valence electrons. The quantitative estimate of drug-likeness (QED) is 0.829. The highest BCUT2D eigenvalue weighted by Gasteiger charge is 2.06. The summed E-state index contributed by atoms with van der Waals surface area (Å²) in [5, 5.41) is 3.38. The molecule has 0 radical (unpaired) electrons. The van der Waals surface area contributed by atoms with Gasteiger partial charge in [-0.05, 0) is 50.0 Å². The lowest BCUT2D eigenvalue weighted by atomic mass is 10.0. The van der Waals surface area contributed by atoms with E-state index in [4.69, 9.17) is 0 Å². The molecule has 0 fully saturated rings. The topological polar surface area (TPSA) is 32.9 Å². The van der Waals surface area contributed by atoms with E-state index < -0.39 is 0 Å². The van der Waals surface area contributed by atoms with Crippen LogP contribution in [-0.4, -0.2) is 10.7 Å². The van der Waals surface area contributed by atoms with Crippen LogP contribution in [0.25, 0.3) is 28.3 Å². The molecule has 0 aliphatic rings. The molecule has 3 heteroatoms. The molecule has 0 amide bonds. The second-order valence-electron chi connectivity index (χ2n) is 5.74. The molecule has 1 aromatic carbocycles. The van der Waals surface area contributed by atoms with E-state index in [0.29, 0.717) is 5.35 Å². The Morgan fingerprint density at radius 2 is 2.00 bits per heavy atom. The Labute approximate surface area is 147 Å². The molecular weight excluding hydrogens is 314 g/mol. The number of fused-ring (bicyclic) bond motifs is 1. The molecule has 0 unspecified atom stereocenters. The van der Waals surface area contributed by atoms with Crippen molar-refractivity contribution in [2.24, 2.45) is 0 Å². The van der Waals surface area contributed by atoms with E-state index >= 15 is 0 Å². The summed E-state index contributed by atoms with van der Waals surface area (Å²) in [6, 6.07) is 6.28. The molecule has 1 N–H and O–H groups in total. The number of hydrogen-bond acceptors (Lipinski definition) is 2. The summed E-state index contributed by atoms with van der Waals surface area (Å²) in [5.41, 5.74) is 2.33. The van der Waals surface area contributed by atoms with E-state index in [-0.39, 0.29) is 5.56 Å². The van der Waals surface area contributed by atoms with Gasteiger partial charge in [0.2, 0.25) is 0 Å². The van der Waals surface area contributed by atoms with E-state index in [1.165, 1.54) is 10.5 Å². The average Bonchev–Trinajstić information content (AvgIpc) is 2.58. The van der Waals surface area contributed by atoms with Gasteiger partial charge in [0.25, 0.3) is 5.56 Å². The van der Waals surface area contributed by atoms with Gasteiger partial charge in [-0.25, -0.2) is 0 Å². The molecule has 2 aromatic rings. The lowest BCUT2D eigenvalue weighted by Crippen LogP contribution is -2.34. The Bertz CT molecular complexity index is 964. The molecule has 24 heavy (non-hydrogen) atoms. The number of benzene rings is 1. The second kappa shape index (κ2) is 8.20. The Kier molecular flexibility index (Phi) is 6.27. The van der Waals surface area contributed by atoms with Crippen LogP contribution in [0, 0.1) is 0 Å². The van der Waals surface area contributed by atoms with E-state index in [1.807, 2.05) is 24.8 Å². The first-order valence-corrected chi connectivity index (χ1v) is 9.26. The summed E-state index contributed by atoms with van der Waals surface area (Å²) >= 11 is 1.81. The largest absolute Gasteiger partial charge is 0.322 e. The van der Waals surface area contributed by atoms with Crippen LogP contribution in [0.4, 0.5) is 0 Å². The van der Waals surface area contributed by atoms with Gasteiger partial charge in [-0.3, -0.25) is 4.79 Å². The third kappa shape index (κ3) is 3.90. The van der Waals surface area contributed by atoms with E-state index in [9.17, 15) is 4.79 Å². The summed E-state index contributed by atoms with van der Waals surface area (Å²) in [7, 11) is 0. The van der Waals surface area contributed by atoms with Crippen molar-refractivity contribution >= 4 is 40.1 Å². The number of thioether (sulfide) groups is 1. The zero-order chi connectivity index (χ0) is 17.7. The van der Waals surface area contributed by atoms with Gasteiger partial charge >= 0.3 is 0 Å². The third-order valence-electron chi connectivity index (χ3n) is 4.11. The molecule has 0 spiro atoms. The standard InChI is InChI=1S/C21H25NOS/c1-6-14(4)9-11-18-19-13-16(20(7-2)24-8-3)10-12-17(19)15(5)22-21(18)23/h6-7,10-13H,5,8-9H2,1-4H3,(H,22,23)/b14-6+,18-11-,20-7-. The number of aromatic amines is 1. The Morgan fingerprint density at radius 3 is 2.62 bits per heavy atom. The number of nitrogens with one attached hydrogen (secondary N) is 1. The molecule has 2 rings (SSSR count). The summed E-state index contributed by atoms with van der Waals surface area (Å²) < 4.78 is 0. The van der Waals surface area contributed by atoms with Crippen LogP contribution in [0.2, 0.25) is 0 Å². The predicted octanol–water partition coefficient (Wildman–Crippen LogP) is 4.19. The number of hydrogen-bond donors (Lipinski definition) is 1. The van der Waals surface area contributed by atoms with Gasteiger partial charge in [0.1, 0.15) is 0 Å². The minimum atomic E-state index is -0.0706. The number of pyridine rings is 1. The van der Waals surface area contributed by atoms with Gasteiger partial charge in [-0.1, -0.05) is 49.4 Å². The number of H-pyrrole nitrogens is 1. The average molecular weight is 340 g/mol. The van der Waals surface area contributed by atoms with E-state index in [2.05, 4.69) is 62.7 Å². The fourth-order valence-corrected chi connectivity index (χ4v) is 3.42. The minimum Gasteiger partial charge on any atom is -0.322 e. The predicted molar refractivity (Wildman–Crippen MR) is 110 cm³/mol. The zero-order valence-corrected chi connectivity index (χ0v) is 15.7. The van der Waals surface area contributed by atoms with Crippen molar-refractivity contribution in [1.82, 2.24) is 4.98 Å². The Morgan fingerprint density at radius 1 is 1.25 bits per heavy atom. The lowest BCUT2D eigenvalue weighted by Gasteiger charge is -2.08. The number of aromatic nitrogens is 1. The van der Waals surface area contributed by atoms with Crippen molar-refractivity contribution in [1.29, 1.82) is 0 Å². The molecular formula is C21H25NOS. The summed E-state index contributed by atoms with van der Waals surface area (Å²) in [4.78, 5) is 16.6. The highest BCUT2D eigenvalue weighted by molar-refractivity contribution is 8.08. The fraction of sp³-hybridized carbons (Fsp3) is 0.286. The summed E-state index contributed by atoms with van der Waals surface area (Å²) in [6.07, 6.45) is 6.99. The monoisotopic (exact) mass is 339 g/mol. The van der Waals surface area contributed by atoms with Crippen molar-refractivity contribution in [3.8, 4) is 0 Å². The molecule has 1 heterocycles. The smallest absolute Gasteiger partial charge is 0.255 e. The first-order chi connectivity index (χ1) is 11.5. The molecule has 0 aliphatic heterocycles. The van der Waals surface area contributed by atoms with Crippen LogP contribution in [0.3, 0.4) is 0 Å². The normalized spacial score (nSPS) is 13.8. The molecule has 0 aliphatic carbocycles. The first-order valence-electron chi connectivity index (χ1n) is 8.28. The number of rotatable bonds is 5. The van der Waals surface area contributed by atoms with Gasteiger partial charge < -0.3 is 4.98 Å². The number of allylic oxidation sites excluding steroid dienone is 3. The molecule has 0 saturated heterocycles. The van der Waals surface area contributed by atoms with Crippen LogP contribution in [0.1, 0.15) is 39.7 Å². The van der Waals surface area contributed by atoms with Crippen molar-refractivity contribution in [2.75, 3.05) is 5.75 Å². The maximum Gasteiger partial charge on any atom is 0.255 e. The molecule has 0 atom stereocenters. The highest BCUT2D eigenvalue weighted by Crippen LogP contribution is 2.28. The van der Waals surface area contributed by atoms with Gasteiger partial charge in [0.05, 0.1) is 0 Å².